The summed E-state index contributed by atoms with van der Waals surface area (Å²) in [7, 11) is -3.91. The Morgan fingerprint density at radius 2 is 1.73 bits per heavy atom. The van der Waals surface area contributed by atoms with Crippen LogP contribution in [0.2, 0.25) is 0 Å². The minimum Gasteiger partial charge on any atom is -0.208 e. The van der Waals surface area contributed by atoms with Crippen LogP contribution in [0.1, 0.15) is 0 Å². The molecule has 0 aliphatic rings. The molecule has 0 amide bonds. The predicted octanol–water partition coefficient (Wildman–Crippen LogP) is 0.368. The molecule has 0 fully saturated rings. The maximum atomic E-state index is 11.6. The first-order valence-corrected chi connectivity index (χ1v) is 6.17. The smallest absolute Gasteiger partial charge is 0.208 e. The molecule has 66 valence electrons. The van der Waals surface area contributed by atoms with Crippen molar-refractivity contribution in [3.63, 3.8) is 0 Å². The molecule has 0 N–H and O–H groups in total. The third-order valence-corrected chi connectivity index (χ3v) is 1.97. The molecular weight excluding hydrogens is 219 g/mol. The van der Waals surface area contributed by atoms with Gasteiger partial charge in [-0.25, -0.2) is 8.42 Å². The highest BCUT2D eigenvalue weighted by Gasteiger charge is 2.04. The molecular formula is C3H4ClFO4S2. The molecule has 0 heterocycles. The van der Waals surface area contributed by atoms with Crippen molar-refractivity contribution in [1.29, 1.82) is 0 Å². The van der Waals surface area contributed by atoms with Gasteiger partial charge < -0.3 is 0 Å². The summed E-state index contributed by atoms with van der Waals surface area (Å²) < 4.78 is 51.3. The van der Waals surface area contributed by atoms with Crippen LogP contribution < -0.4 is 0 Å². The van der Waals surface area contributed by atoms with Gasteiger partial charge in [-0.1, -0.05) is 6.08 Å². The standard InChI is InChI=1S/C3H4ClFO4S2/c4-10(6,7)2-1-3-11(5,8)9/h1-2H,3H2/b2-1+. The first kappa shape index (κ1) is 10.9. The van der Waals surface area contributed by atoms with Crippen LogP contribution in [0, 0.1) is 0 Å². The fourth-order valence-electron chi connectivity index (χ4n) is 0.269. The van der Waals surface area contributed by atoms with Crippen molar-refractivity contribution in [1.82, 2.24) is 0 Å². The van der Waals surface area contributed by atoms with E-state index in [-0.39, 0.29) is 0 Å². The normalized spacial score (nSPS) is 14.0. The molecule has 0 aromatic rings. The molecule has 0 saturated heterocycles. The van der Waals surface area contributed by atoms with Crippen LogP contribution >= 0.6 is 10.7 Å². The quantitative estimate of drug-likeness (QED) is 0.647. The van der Waals surface area contributed by atoms with E-state index in [2.05, 4.69) is 10.7 Å². The van der Waals surface area contributed by atoms with Crippen molar-refractivity contribution in [3.05, 3.63) is 11.5 Å². The molecule has 0 rings (SSSR count). The summed E-state index contributed by atoms with van der Waals surface area (Å²) in [6.45, 7) is 0. The number of rotatable bonds is 3. The van der Waals surface area contributed by atoms with E-state index in [9.17, 15) is 20.7 Å². The molecule has 0 aliphatic heterocycles. The monoisotopic (exact) mass is 222 g/mol. The van der Waals surface area contributed by atoms with Crippen molar-refractivity contribution < 1.29 is 20.7 Å². The Morgan fingerprint density at radius 1 is 1.27 bits per heavy atom. The van der Waals surface area contributed by atoms with Gasteiger partial charge >= 0.3 is 10.2 Å². The van der Waals surface area contributed by atoms with E-state index in [0.717, 1.165) is 0 Å². The molecule has 11 heavy (non-hydrogen) atoms. The fraction of sp³-hybridized carbons (Fsp3) is 0.333. The van der Waals surface area contributed by atoms with Crippen LogP contribution in [0.15, 0.2) is 11.5 Å². The number of halogens is 2. The van der Waals surface area contributed by atoms with Crippen molar-refractivity contribution in [3.8, 4) is 0 Å². The summed E-state index contributed by atoms with van der Waals surface area (Å²) in [5.74, 6) is -0.987. The molecule has 8 heteroatoms. The van der Waals surface area contributed by atoms with Crippen LogP contribution in [0.25, 0.3) is 0 Å². The zero-order chi connectivity index (χ0) is 9.12. The molecule has 0 atom stereocenters. The van der Waals surface area contributed by atoms with Crippen molar-refractivity contribution >= 4 is 30.0 Å². The second-order valence-corrected chi connectivity index (χ2v) is 5.48. The van der Waals surface area contributed by atoms with E-state index < -0.39 is 25.0 Å². The topological polar surface area (TPSA) is 68.3 Å². The Bertz CT molecular complexity index is 340. The van der Waals surface area contributed by atoms with Crippen LogP contribution in [0.5, 0.6) is 0 Å². The summed E-state index contributed by atoms with van der Waals surface area (Å²) in [6, 6.07) is 0. The molecule has 0 radical (unpaired) electrons. The zero-order valence-electron chi connectivity index (χ0n) is 5.07. The second-order valence-electron chi connectivity index (χ2n) is 1.55. The van der Waals surface area contributed by atoms with Crippen molar-refractivity contribution in [2.24, 2.45) is 0 Å². The summed E-state index contributed by atoms with van der Waals surface area (Å²) in [5.41, 5.74) is 0. The van der Waals surface area contributed by atoms with Gasteiger partial charge in [0.15, 0.2) is 0 Å². The Balaban J connectivity index is 4.23. The van der Waals surface area contributed by atoms with Gasteiger partial charge in [0.25, 0.3) is 9.05 Å². The Labute approximate surface area is 68.3 Å². The van der Waals surface area contributed by atoms with Crippen LogP contribution in [-0.2, 0) is 19.3 Å². The van der Waals surface area contributed by atoms with Gasteiger partial charge in [0.2, 0.25) is 0 Å². The van der Waals surface area contributed by atoms with Crippen LogP contribution in [-0.4, -0.2) is 22.6 Å². The first-order chi connectivity index (χ1) is 4.71. The Kier molecular flexibility index (Phi) is 3.46. The third kappa shape index (κ3) is 9.86. The van der Waals surface area contributed by atoms with Gasteiger partial charge in [0, 0.05) is 16.1 Å². The molecule has 0 unspecified atom stereocenters. The lowest BCUT2D eigenvalue weighted by Crippen LogP contribution is -1.94. The summed E-state index contributed by atoms with van der Waals surface area (Å²) in [5, 5.41) is 0.408. The first-order valence-electron chi connectivity index (χ1n) is 2.24. The van der Waals surface area contributed by atoms with Gasteiger partial charge in [-0.2, -0.15) is 8.42 Å². The molecule has 4 nitrogen and oxygen atoms in total. The highest BCUT2D eigenvalue weighted by molar-refractivity contribution is 8.16. The molecule has 0 aromatic heterocycles. The molecule has 0 bridgehead atoms. The van der Waals surface area contributed by atoms with Crippen molar-refractivity contribution in [2.45, 2.75) is 0 Å². The minimum absolute atomic E-state index is 0.408. The van der Waals surface area contributed by atoms with Gasteiger partial charge in [-0.15, -0.1) is 3.89 Å². The number of hydrogen-bond acceptors (Lipinski definition) is 4. The van der Waals surface area contributed by atoms with E-state index in [0.29, 0.717) is 11.5 Å². The largest absolute Gasteiger partial charge is 0.306 e. The van der Waals surface area contributed by atoms with E-state index in [1.54, 1.807) is 0 Å². The maximum absolute atomic E-state index is 11.6. The van der Waals surface area contributed by atoms with E-state index >= 15 is 0 Å². The summed E-state index contributed by atoms with van der Waals surface area (Å²) in [6.07, 6.45) is 0.609. The van der Waals surface area contributed by atoms with E-state index in [1.807, 2.05) is 0 Å². The van der Waals surface area contributed by atoms with Gasteiger partial charge in [-0.05, 0) is 0 Å². The van der Waals surface area contributed by atoms with Gasteiger partial charge in [-0.3, -0.25) is 0 Å². The molecule has 0 spiro atoms. The van der Waals surface area contributed by atoms with Gasteiger partial charge in [0.1, 0.15) is 0 Å². The molecule has 0 aromatic carbocycles. The summed E-state index contributed by atoms with van der Waals surface area (Å²) >= 11 is 0. The Hall–Kier alpha value is -0.140. The van der Waals surface area contributed by atoms with Crippen LogP contribution in [0.3, 0.4) is 0 Å². The van der Waals surface area contributed by atoms with Gasteiger partial charge in [0.05, 0.1) is 5.75 Å². The lowest BCUT2D eigenvalue weighted by atomic mass is 10.8. The average molecular weight is 223 g/mol. The lowest BCUT2D eigenvalue weighted by molar-refractivity contribution is 0.555. The average Bonchev–Trinajstić information content (AvgIpc) is 1.55. The third-order valence-electron chi connectivity index (χ3n) is 0.554. The highest BCUT2D eigenvalue weighted by atomic mass is 35.7. The predicted molar refractivity (Wildman–Crippen MR) is 38.8 cm³/mol. The SMILES string of the molecule is O=S(=O)(Cl)/C=C/CS(=O)(=O)F. The van der Waals surface area contributed by atoms with E-state index in [4.69, 9.17) is 0 Å². The maximum Gasteiger partial charge on any atom is 0.306 e. The fourth-order valence-corrected chi connectivity index (χ4v) is 1.26. The lowest BCUT2D eigenvalue weighted by Gasteiger charge is -1.83. The zero-order valence-corrected chi connectivity index (χ0v) is 7.46. The summed E-state index contributed by atoms with van der Waals surface area (Å²) in [4.78, 5) is 0. The highest BCUT2D eigenvalue weighted by Crippen LogP contribution is 1.99. The van der Waals surface area contributed by atoms with Crippen LogP contribution in [0.4, 0.5) is 3.89 Å². The molecule has 0 saturated carbocycles. The Morgan fingerprint density at radius 3 is 2.00 bits per heavy atom. The van der Waals surface area contributed by atoms with Crippen molar-refractivity contribution in [2.75, 3.05) is 5.75 Å². The second kappa shape index (κ2) is 3.51. The molecule has 0 aliphatic carbocycles. The minimum atomic E-state index is -4.66. The number of hydrogen-bond donors (Lipinski definition) is 0. The van der Waals surface area contributed by atoms with E-state index in [1.165, 1.54) is 0 Å².